The number of benzene rings is 2. The van der Waals surface area contributed by atoms with E-state index in [2.05, 4.69) is 0 Å². The number of ether oxygens (including phenoxy) is 6. The van der Waals surface area contributed by atoms with E-state index in [1.807, 2.05) is 0 Å². The summed E-state index contributed by atoms with van der Waals surface area (Å²) in [6.45, 7) is 3.50. The van der Waals surface area contributed by atoms with Crippen molar-refractivity contribution in [3.05, 3.63) is 52.1 Å². The summed E-state index contributed by atoms with van der Waals surface area (Å²) in [6, 6.07) is 9.17. The van der Waals surface area contributed by atoms with Gasteiger partial charge in [-0.3, -0.25) is 14.9 Å². The van der Waals surface area contributed by atoms with Gasteiger partial charge in [-0.1, -0.05) is 0 Å². The average molecular weight is 447 g/mol. The quantitative estimate of drug-likeness (QED) is 0.389. The number of hydrogen-bond donors (Lipinski definition) is 0. The van der Waals surface area contributed by atoms with Crippen molar-refractivity contribution in [2.24, 2.45) is 0 Å². The number of hydrogen-bond acceptors (Lipinski definition) is 9. The first-order chi connectivity index (χ1) is 15.5. The summed E-state index contributed by atoms with van der Waals surface area (Å²) in [5.41, 5.74) is 0.422. The van der Waals surface area contributed by atoms with Crippen molar-refractivity contribution in [3.8, 4) is 23.0 Å². The van der Waals surface area contributed by atoms with Gasteiger partial charge in [0.05, 0.1) is 37.4 Å². The molecule has 0 amide bonds. The Hall–Kier alpha value is -3.37. The Balaban J connectivity index is 1.64. The van der Waals surface area contributed by atoms with Crippen molar-refractivity contribution in [3.63, 3.8) is 0 Å². The molecule has 10 nitrogen and oxygen atoms in total. The van der Waals surface area contributed by atoms with Crippen LogP contribution in [0.1, 0.15) is 17.3 Å². The molecule has 0 aliphatic carbocycles. The summed E-state index contributed by atoms with van der Waals surface area (Å²) in [5.74, 6) is 1.52. The molecule has 1 aliphatic rings. The van der Waals surface area contributed by atoms with E-state index in [4.69, 9.17) is 28.4 Å². The summed E-state index contributed by atoms with van der Waals surface area (Å²) in [4.78, 5) is 22.2. The van der Waals surface area contributed by atoms with E-state index in [1.54, 1.807) is 18.2 Å². The van der Waals surface area contributed by atoms with Crippen LogP contribution in [0.25, 0.3) is 0 Å². The van der Waals surface area contributed by atoms with Crippen LogP contribution in [-0.4, -0.2) is 63.6 Å². The Morgan fingerprint density at radius 2 is 1.19 bits per heavy atom. The van der Waals surface area contributed by atoms with Crippen LogP contribution < -0.4 is 18.9 Å². The van der Waals surface area contributed by atoms with Gasteiger partial charge in [-0.15, -0.1) is 0 Å². The zero-order valence-corrected chi connectivity index (χ0v) is 17.7. The fourth-order valence-corrected chi connectivity index (χ4v) is 2.85. The topological polar surface area (TPSA) is 116 Å². The molecule has 2 aromatic rings. The number of nitro groups is 1. The maximum atomic E-state index is 11.7. The smallest absolute Gasteiger partial charge is 0.273 e. The van der Waals surface area contributed by atoms with Gasteiger partial charge < -0.3 is 28.4 Å². The lowest BCUT2D eigenvalue weighted by Crippen LogP contribution is -2.15. The molecule has 32 heavy (non-hydrogen) atoms. The van der Waals surface area contributed by atoms with E-state index in [1.165, 1.54) is 25.1 Å². The third kappa shape index (κ3) is 6.82. The van der Waals surface area contributed by atoms with Crippen LogP contribution in [0.5, 0.6) is 23.0 Å². The second-order valence-corrected chi connectivity index (χ2v) is 6.72. The van der Waals surface area contributed by atoms with Crippen LogP contribution in [-0.2, 0) is 9.47 Å². The van der Waals surface area contributed by atoms with E-state index in [-0.39, 0.29) is 63.5 Å². The summed E-state index contributed by atoms with van der Waals surface area (Å²) in [7, 11) is 0. The first kappa shape index (κ1) is 23.3. The Morgan fingerprint density at radius 3 is 1.69 bits per heavy atom. The van der Waals surface area contributed by atoms with E-state index in [9.17, 15) is 14.9 Å². The first-order valence-corrected chi connectivity index (χ1v) is 10.1. The van der Waals surface area contributed by atoms with Gasteiger partial charge in [0.1, 0.15) is 26.4 Å². The fourth-order valence-electron chi connectivity index (χ4n) is 2.85. The van der Waals surface area contributed by atoms with Crippen LogP contribution in [0, 0.1) is 10.1 Å². The Bertz CT molecular complexity index is 858. The number of nitro benzene ring substituents is 1. The van der Waals surface area contributed by atoms with E-state index in [0.29, 0.717) is 29.4 Å². The molecule has 0 fully saturated rings. The minimum Gasteiger partial charge on any atom is -0.487 e. The standard InChI is InChI=1S/C22H25NO9/c1-16(24)17-2-4-19-21(14-17)31-12-8-28-9-13-32-22-15-18(23(25)26)3-5-20(22)30-11-7-27-6-10-29-19/h2-5,14-15H,6-13H2,1H3. The number of nitrogens with zero attached hydrogens (tertiary/aromatic N) is 1. The molecular weight excluding hydrogens is 422 g/mol. The van der Waals surface area contributed by atoms with Gasteiger partial charge >= 0.3 is 0 Å². The molecule has 0 radical (unpaired) electrons. The van der Waals surface area contributed by atoms with Crippen molar-refractivity contribution in [1.82, 2.24) is 0 Å². The van der Waals surface area contributed by atoms with Gasteiger partial charge in [0, 0.05) is 11.6 Å². The predicted octanol–water partition coefficient (Wildman–Crippen LogP) is 3.06. The van der Waals surface area contributed by atoms with Crippen LogP contribution in [0.4, 0.5) is 5.69 Å². The summed E-state index contributed by atoms with van der Waals surface area (Å²) in [6.07, 6.45) is 0. The van der Waals surface area contributed by atoms with Crippen molar-refractivity contribution in [2.45, 2.75) is 6.92 Å². The monoisotopic (exact) mass is 447 g/mol. The minimum absolute atomic E-state index is 0.0758. The third-order valence-corrected chi connectivity index (χ3v) is 4.43. The van der Waals surface area contributed by atoms with Gasteiger partial charge in [-0.25, -0.2) is 0 Å². The zero-order valence-electron chi connectivity index (χ0n) is 17.7. The molecule has 0 aromatic heterocycles. The molecule has 1 aliphatic heterocycles. The molecule has 172 valence electrons. The van der Waals surface area contributed by atoms with Crippen LogP contribution in [0.3, 0.4) is 0 Å². The number of fused-ring (bicyclic) bond motifs is 2. The highest BCUT2D eigenvalue weighted by molar-refractivity contribution is 5.94. The molecule has 10 heteroatoms. The van der Waals surface area contributed by atoms with Gasteiger partial charge in [0.15, 0.2) is 28.8 Å². The van der Waals surface area contributed by atoms with E-state index >= 15 is 0 Å². The number of ketones is 1. The molecular formula is C22H25NO9. The first-order valence-electron chi connectivity index (χ1n) is 10.1. The SMILES string of the molecule is CC(=O)c1ccc2c(c1)OCCOCCOc1cc([N+](=O)[O-])ccc1OCCOCCO2. The van der Waals surface area contributed by atoms with Gasteiger partial charge in [0.25, 0.3) is 5.69 Å². The lowest BCUT2D eigenvalue weighted by atomic mass is 10.1. The Kier molecular flexibility index (Phi) is 8.64. The van der Waals surface area contributed by atoms with Crippen LogP contribution >= 0.6 is 0 Å². The molecule has 2 aromatic carbocycles. The van der Waals surface area contributed by atoms with Crippen LogP contribution in [0.15, 0.2) is 36.4 Å². The molecule has 0 saturated carbocycles. The summed E-state index contributed by atoms with van der Waals surface area (Å²) >= 11 is 0. The van der Waals surface area contributed by atoms with Gasteiger partial charge in [-0.05, 0) is 31.2 Å². The Labute approximate surface area is 185 Å². The van der Waals surface area contributed by atoms with Gasteiger partial charge in [-0.2, -0.15) is 0 Å². The molecule has 0 N–H and O–H groups in total. The molecule has 0 saturated heterocycles. The number of rotatable bonds is 2. The second-order valence-electron chi connectivity index (χ2n) is 6.72. The minimum atomic E-state index is -0.499. The van der Waals surface area contributed by atoms with Crippen molar-refractivity contribution in [2.75, 3.05) is 52.9 Å². The number of Topliss-reactive ketones (excluding diaryl/α,β-unsaturated/α-hetero) is 1. The van der Waals surface area contributed by atoms with Crippen molar-refractivity contribution in [1.29, 1.82) is 0 Å². The average Bonchev–Trinajstić information content (AvgIpc) is 2.78. The van der Waals surface area contributed by atoms with Crippen molar-refractivity contribution < 1.29 is 38.1 Å². The highest BCUT2D eigenvalue weighted by Crippen LogP contribution is 2.32. The fraction of sp³-hybridized carbons (Fsp3) is 0.409. The second kappa shape index (κ2) is 11.9. The van der Waals surface area contributed by atoms with Crippen LogP contribution in [0.2, 0.25) is 0 Å². The van der Waals surface area contributed by atoms with E-state index in [0.717, 1.165) is 0 Å². The highest BCUT2D eigenvalue weighted by Gasteiger charge is 2.14. The Morgan fingerprint density at radius 1 is 0.719 bits per heavy atom. The molecule has 0 atom stereocenters. The summed E-state index contributed by atoms with van der Waals surface area (Å²) < 4.78 is 33.8. The predicted molar refractivity (Wildman–Crippen MR) is 113 cm³/mol. The number of carbonyl (C=O) groups is 1. The lowest BCUT2D eigenvalue weighted by Gasteiger charge is -2.16. The maximum Gasteiger partial charge on any atom is 0.273 e. The third-order valence-electron chi connectivity index (χ3n) is 4.43. The maximum absolute atomic E-state index is 11.7. The summed E-state index contributed by atoms with van der Waals surface area (Å²) in [5, 5.41) is 11.0. The van der Waals surface area contributed by atoms with E-state index < -0.39 is 4.92 Å². The molecule has 3 rings (SSSR count). The number of carbonyl (C=O) groups excluding carboxylic acids is 1. The molecule has 0 bridgehead atoms. The largest absolute Gasteiger partial charge is 0.487 e. The normalized spacial score (nSPS) is 15.8. The van der Waals surface area contributed by atoms with Crippen molar-refractivity contribution >= 4 is 11.5 Å². The zero-order chi connectivity index (χ0) is 22.8. The molecule has 1 heterocycles. The highest BCUT2D eigenvalue weighted by atomic mass is 16.6. The molecule has 0 unspecified atom stereocenters. The number of non-ortho nitro benzene ring substituents is 1. The van der Waals surface area contributed by atoms with Gasteiger partial charge in [0.2, 0.25) is 0 Å². The lowest BCUT2D eigenvalue weighted by molar-refractivity contribution is -0.385. The molecule has 0 spiro atoms.